The van der Waals surface area contributed by atoms with Gasteiger partial charge < -0.3 is 10.8 Å². The van der Waals surface area contributed by atoms with Crippen LogP contribution in [0.1, 0.15) is 12.8 Å². The number of nitrogens with zero attached hydrogens (tertiary/aromatic N) is 2. The van der Waals surface area contributed by atoms with Crippen molar-refractivity contribution >= 4 is 5.97 Å². The number of nitrogens with two attached hydrogens (primary N) is 1. The molecule has 4 N–H and O–H groups in total. The molecule has 7 heteroatoms. The molecule has 1 atom stereocenters. The number of nitroso groups, excluding NO2 is 1. The van der Waals surface area contributed by atoms with E-state index in [2.05, 4.69) is 5.29 Å². The van der Waals surface area contributed by atoms with Gasteiger partial charge in [0, 0.05) is 6.42 Å². The Kier molecular flexibility index (Phi) is 4.08. The molecule has 0 aliphatic rings. The topological polar surface area (TPSA) is 116 Å². The quantitative estimate of drug-likeness (QED) is 0.286. The number of carbonyl (C=O) groups is 1. The first-order valence-electron chi connectivity index (χ1n) is 2.86. The van der Waals surface area contributed by atoms with Crippen LogP contribution < -0.4 is 5.73 Å². The third kappa shape index (κ3) is 4.23. The van der Waals surface area contributed by atoms with Crippen molar-refractivity contribution in [1.29, 1.82) is 0 Å². The van der Waals surface area contributed by atoms with E-state index in [-0.39, 0.29) is 18.0 Å². The van der Waals surface area contributed by atoms with Crippen LogP contribution in [-0.4, -0.2) is 27.6 Å². The van der Waals surface area contributed by atoms with Gasteiger partial charge in [0.1, 0.15) is 6.17 Å². The second kappa shape index (κ2) is 4.58. The predicted molar refractivity (Wildman–Crippen MR) is 34.3 cm³/mol. The van der Waals surface area contributed by atoms with Crippen LogP contribution in [0, 0.1) is 4.91 Å². The minimum atomic E-state index is -1.05. The van der Waals surface area contributed by atoms with Crippen molar-refractivity contribution in [2.45, 2.75) is 19.0 Å². The third-order valence-corrected chi connectivity index (χ3v) is 1.03. The maximum absolute atomic E-state index is 9.95. The Morgan fingerprint density at radius 2 is 2.27 bits per heavy atom. The van der Waals surface area contributed by atoms with Crippen LogP contribution in [0.25, 0.3) is 0 Å². The van der Waals surface area contributed by atoms with Gasteiger partial charge in [0.25, 0.3) is 0 Å². The van der Waals surface area contributed by atoms with Gasteiger partial charge in [-0.25, -0.2) is 0 Å². The molecular formula is C4H9N3O4. The lowest BCUT2D eigenvalue weighted by Gasteiger charge is -2.13. The molecule has 0 aromatic carbocycles. The summed E-state index contributed by atoms with van der Waals surface area (Å²) in [5.41, 5.74) is 5.09. The van der Waals surface area contributed by atoms with Crippen molar-refractivity contribution in [2.75, 3.05) is 0 Å². The SMILES string of the molecule is NC(CCC(=O)O)N(O)N=O. The molecule has 7 nitrogen and oxygen atoms in total. The van der Waals surface area contributed by atoms with Crippen LogP contribution in [0.4, 0.5) is 0 Å². The molecule has 0 rings (SSSR count). The molecule has 0 saturated heterocycles. The highest BCUT2D eigenvalue weighted by Crippen LogP contribution is 1.98. The van der Waals surface area contributed by atoms with Gasteiger partial charge >= 0.3 is 5.97 Å². The lowest BCUT2D eigenvalue weighted by Crippen LogP contribution is -2.36. The van der Waals surface area contributed by atoms with Gasteiger partial charge in [-0.2, -0.15) is 0 Å². The maximum Gasteiger partial charge on any atom is 0.303 e. The summed E-state index contributed by atoms with van der Waals surface area (Å²) in [4.78, 5) is 19.5. The Balaban J connectivity index is 3.59. The van der Waals surface area contributed by atoms with E-state index in [1.165, 1.54) is 0 Å². The summed E-state index contributed by atoms with van der Waals surface area (Å²) in [6, 6.07) is 0. The molecule has 0 saturated carbocycles. The number of rotatable bonds is 5. The van der Waals surface area contributed by atoms with E-state index >= 15 is 0 Å². The van der Waals surface area contributed by atoms with Crippen molar-refractivity contribution in [1.82, 2.24) is 5.17 Å². The van der Waals surface area contributed by atoms with Gasteiger partial charge in [0.2, 0.25) is 0 Å². The Bertz CT molecular complexity index is 150. The van der Waals surface area contributed by atoms with Gasteiger partial charge in [-0.3, -0.25) is 10.0 Å². The zero-order chi connectivity index (χ0) is 8.85. The molecule has 0 spiro atoms. The molecule has 0 aromatic rings. The minimum Gasteiger partial charge on any atom is -0.481 e. The third-order valence-electron chi connectivity index (χ3n) is 1.03. The van der Waals surface area contributed by atoms with Gasteiger partial charge in [0.15, 0.2) is 0 Å². The van der Waals surface area contributed by atoms with Crippen LogP contribution in [-0.2, 0) is 4.79 Å². The molecule has 11 heavy (non-hydrogen) atoms. The average Bonchev–Trinajstić information content (AvgIpc) is 1.98. The van der Waals surface area contributed by atoms with Gasteiger partial charge in [-0.15, -0.1) is 10.1 Å². The maximum atomic E-state index is 9.95. The molecule has 0 heterocycles. The molecule has 0 aliphatic carbocycles. The lowest BCUT2D eigenvalue weighted by molar-refractivity contribution is -0.142. The van der Waals surface area contributed by atoms with E-state index in [1.54, 1.807) is 0 Å². The smallest absolute Gasteiger partial charge is 0.303 e. The standard InChI is InChI=1S/C4H9N3O4/c5-3(7(11)6-10)1-2-4(8)9/h3,11H,1-2,5H2,(H,8,9). The summed E-state index contributed by atoms with van der Waals surface area (Å²) in [6.07, 6.45) is -1.30. The molecular weight excluding hydrogens is 154 g/mol. The van der Waals surface area contributed by atoms with Gasteiger partial charge in [-0.05, 0) is 6.42 Å². The molecule has 0 bridgehead atoms. The average molecular weight is 163 g/mol. The highest BCUT2D eigenvalue weighted by atomic mass is 16.6. The summed E-state index contributed by atoms with van der Waals surface area (Å²) < 4.78 is 0. The fraction of sp³-hybridized carbons (Fsp3) is 0.750. The fourth-order valence-corrected chi connectivity index (χ4v) is 0.447. The second-order valence-corrected chi connectivity index (χ2v) is 1.90. The van der Waals surface area contributed by atoms with E-state index < -0.39 is 12.1 Å². The first kappa shape index (κ1) is 9.79. The van der Waals surface area contributed by atoms with E-state index in [0.29, 0.717) is 0 Å². The Morgan fingerprint density at radius 3 is 2.64 bits per heavy atom. The predicted octanol–water partition coefficient (Wildman–Crippen LogP) is -0.491. The molecule has 1 unspecified atom stereocenters. The number of hydrogen-bond acceptors (Lipinski definition) is 5. The first-order chi connectivity index (χ1) is 5.07. The number of aliphatic carboxylic acids is 1. The summed E-state index contributed by atoms with van der Waals surface area (Å²) >= 11 is 0. The monoisotopic (exact) mass is 163 g/mol. The normalized spacial score (nSPS) is 12.2. The van der Waals surface area contributed by atoms with Crippen molar-refractivity contribution in [3.63, 3.8) is 0 Å². The van der Waals surface area contributed by atoms with E-state index in [1.807, 2.05) is 0 Å². The van der Waals surface area contributed by atoms with Crippen LogP contribution in [0.5, 0.6) is 0 Å². The van der Waals surface area contributed by atoms with Crippen LogP contribution in [0.2, 0.25) is 0 Å². The Morgan fingerprint density at radius 1 is 1.73 bits per heavy atom. The van der Waals surface area contributed by atoms with Crippen molar-refractivity contribution in [2.24, 2.45) is 11.0 Å². The Hall–Kier alpha value is -1.21. The second-order valence-electron chi connectivity index (χ2n) is 1.90. The Labute approximate surface area is 62.3 Å². The number of hydrogen-bond donors (Lipinski definition) is 3. The largest absolute Gasteiger partial charge is 0.481 e. The summed E-state index contributed by atoms with van der Waals surface area (Å²) in [7, 11) is 0. The zero-order valence-electron chi connectivity index (χ0n) is 5.67. The molecule has 0 radical (unpaired) electrons. The zero-order valence-corrected chi connectivity index (χ0v) is 5.67. The van der Waals surface area contributed by atoms with E-state index in [0.717, 1.165) is 0 Å². The number of carboxylic acid groups (broad SMARTS) is 1. The molecule has 0 aliphatic heterocycles. The summed E-state index contributed by atoms with van der Waals surface area (Å²) in [6.45, 7) is 0. The van der Waals surface area contributed by atoms with Crippen molar-refractivity contribution < 1.29 is 15.1 Å². The molecule has 0 fully saturated rings. The highest BCUT2D eigenvalue weighted by Gasteiger charge is 2.11. The molecule has 0 aromatic heterocycles. The van der Waals surface area contributed by atoms with Crippen molar-refractivity contribution in [3.8, 4) is 0 Å². The summed E-state index contributed by atoms with van der Waals surface area (Å²) in [5.74, 6) is -1.04. The van der Waals surface area contributed by atoms with Crippen LogP contribution in [0.3, 0.4) is 0 Å². The minimum absolute atomic E-state index is 0.0110. The lowest BCUT2D eigenvalue weighted by atomic mass is 10.3. The van der Waals surface area contributed by atoms with Gasteiger partial charge in [0.05, 0.1) is 5.29 Å². The highest BCUT2D eigenvalue weighted by molar-refractivity contribution is 5.66. The van der Waals surface area contributed by atoms with E-state index in [4.69, 9.17) is 16.0 Å². The van der Waals surface area contributed by atoms with Crippen LogP contribution in [0.15, 0.2) is 5.29 Å². The molecule has 0 amide bonds. The van der Waals surface area contributed by atoms with E-state index in [9.17, 15) is 9.70 Å². The fourth-order valence-electron chi connectivity index (χ4n) is 0.447. The first-order valence-corrected chi connectivity index (χ1v) is 2.86. The van der Waals surface area contributed by atoms with Crippen molar-refractivity contribution in [3.05, 3.63) is 4.91 Å². The van der Waals surface area contributed by atoms with Crippen LogP contribution >= 0.6 is 0 Å². The van der Waals surface area contributed by atoms with Gasteiger partial charge in [-0.1, -0.05) is 0 Å². The number of carboxylic acids is 1. The summed E-state index contributed by atoms with van der Waals surface area (Å²) in [5, 5.41) is 18.7. The number of hydroxylamine groups is 1. The molecule has 64 valence electrons.